The van der Waals surface area contributed by atoms with Gasteiger partial charge in [-0.05, 0) is 64.3 Å². The van der Waals surface area contributed by atoms with Crippen LogP contribution in [0.2, 0.25) is 5.15 Å². The number of para-hydroxylation sites is 1. The zero-order valence-electron chi connectivity index (χ0n) is 20.1. The van der Waals surface area contributed by atoms with E-state index in [0.717, 1.165) is 22.2 Å². The monoisotopic (exact) mass is 469 g/mol. The Labute approximate surface area is 200 Å². The highest BCUT2D eigenvalue weighted by Crippen LogP contribution is 2.31. The van der Waals surface area contributed by atoms with Crippen LogP contribution in [0, 0.1) is 5.92 Å². The van der Waals surface area contributed by atoms with Gasteiger partial charge in [-0.1, -0.05) is 43.6 Å². The van der Waals surface area contributed by atoms with Gasteiger partial charge < -0.3 is 14.8 Å². The van der Waals surface area contributed by atoms with Gasteiger partial charge in [0.05, 0.1) is 16.7 Å². The van der Waals surface area contributed by atoms with Crippen molar-refractivity contribution in [2.75, 3.05) is 6.61 Å². The van der Waals surface area contributed by atoms with E-state index in [2.05, 4.69) is 29.1 Å². The van der Waals surface area contributed by atoms with Crippen LogP contribution < -0.4 is 10.1 Å². The van der Waals surface area contributed by atoms with Crippen LogP contribution in [0.3, 0.4) is 0 Å². The Kier molecular flexibility index (Phi) is 7.48. The molecule has 6 nitrogen and oxygen atoms in total. The molecular formula is C26H32ClN3O3. The summed E-state index contributed by atoms with van der Waals surface area (Å²) in [5.41, 5.74) is 1.36. The van der Waals surface area contributed by atoms with Crippen molar-refractivity contribution in [2.24, 2.45) is 5.92 Å². The van der Waals surface area contributed by atoms with E-state index in [1.165, 1.54) is 0 Å². The second-order valence-electron chi connectivity index (χ2n) is 9.94. The number of carbonyl (C=O) groups excluding carboxylic acids is 1. The summed E-state index contributed by atoms with van der Waals surface area (Å²) in [6, 6.07) is 13.5. The van der Waals surface area contributed by atoms with Crippen LogP contribution in [-0.2, 0) is 4.74 Å². The summed E-state index contributed by atoms with van der Waals surface area (Å²) in [7, 11) is 0. The van der Waals surface area contributed by atoms with E-state index >= 15 is 0 Å². The summed E-state index contributed by atoms with van der Waals surface area (Å²) >= 11 is 6.49. The molecule has 1 amide bonds. The van der Waals surface area contributed by atoms with Crippen molar-refractivity contribution in [3.63, 3.8) is 0 Å². The summed E-state index contributed by atoms with van der Waals surface area (Å²) in [5, 5.41) is 4.24. The topological polar surface area (TPSA) is 73.3 Å². The first-order chi connectivity index (χ1) is 15.5. The third-order valence-corrected chi connectivity index (χ3v) is 5.22. The minimum Gasteiger partial charge on any atom is -0.488 e. The minimum absolute atomic E-state index is 0.226. The van der Waals surface area contributed by atoms with Crippen LogP contribution in [0.5, 0.6) is 5.75 Å². The van der Waals surface area contributed by atoms with Crippen LogP contribution in [0.15, 0.2) is 48.7 Å². The predicted octanol–water partition coefficient (Wildman–Crippen LogP) is 6.66. The van der Waals surface area contributed by atoms with E-state index in [1.807, 2.05) is 70.2 Å². The molecule has 0 radical (unpaired) electrons. The lowest BCUT2D eigenvalue weighted by Gasteiger charge is -2.33. The molecule has 0 aliphatic heterocycles. The molecule has 0 aliphatic carbocycles. The van der Waals surface area contributed by atoms with Gasteiger partial charge in [0.15, 0.2) is 10.9 Å². The van der Waals surface area contributed by atoms with Gasteiger partial charge in [0.1, 0.15) is 12.2 Å². The van der Waals surface area contributed by atoms with Crippen molar-refractivity contribution in [1.29, 1.82) is 0 Å². The van der Waals surface area contributed by atoms with E-state index in [-0.39, 0.29) is 11.8 Å². The first-order valence-corrected chi connectivity index (χ1v) is 11.5. The molecule has 3 rings (SSSR count). The van der Waals surface area contributed by atoms with Crippen molar-refractivity contribution in [1.82, 2.24) is 15.3 Å². The summed E-state index contributed by atoms with van der Waals surface area (Å²) < 4.78 is 11.5. The second-order valence-corrected chi connectivity index (χ2v) is 10.3. The number of hydrogen-bond donors (Lipinski definition) is 1. The Balaban J connectivity index is 1.78. The third-order valence-electron chi connectivity index (χ3n) is 4.95. The summed E-state index contributed by atoms with van der Waals surface area (Å²) in [6.45, 7) is 11.9. The maximum absolute atomic E-state index is 12.4. The number of amides is 1. The molecule has 0 aliphatic rings. The average molecular weight is 470 g/mol. The highest BCUT2D eigenvalue weighted by molar-refractivity contribution is 6.31. The molecule has 0 saturated heterocycles. The van der Waals surface area contributed by atoms with Gasteiger partial charge >= 0.3 is 6.09 Å². The number of aromatic nitrogens is 2. The normalized spacial score (nSPS) is 13.6. The molecular weight excluding hydrogens is 438 g/mol. The average Bonchev–Trinajstić information content (AvgIpc) is 2.70. The number of benzene rings is 1. The first-order valence-electron chi connectivity index (χ1n) is 11.1. The fourth-order valence-corrected chi connectivity index (χ4v) is 4.04. The quantitative estimate of drug-likeness (QED) is 0.391. The Morgan fingerprint density at radius 1 is 1.09 bits per heavy atom. The number of carbonyl (C=O) groups is 1. The lowest BCUT2D eigenvalue weighted by Crippen LogP contribution is -2.52. The smallest absolute Gasteiger partial charge is 0.408 e. The molecule has 0 bridgehead atoms. The van der Waals surface area contributed by atoms with Crippen molar-refractivity contribution < 1.29 is 14.3 Å². The molecule has 1 aromatic carbocycles. The number of ether oxygens (including phenoxy) is 2. The van der Waals surface area contributed by atoms with Crippen molar-refractivity contribution in [2.45, 2.75) is 59.1 Å². The molecule has 2 aromatic heterocycles. The van der Waals surface area contributed by atoms with Gasteiger partial charge in [-0.15, -0.1) is 0 Å². The Hall–Kier alpha value is -2.86. The number of hydrogen-bond acceptors (Lipinski definition) is 5. The van der Waals surface area contributed by atoms with Gasteiger partial charge in [-0.3, -0.25) is 4.98 Å². The van der Waals surface area contributed by atoms with Crippen molar-refractivity contribution in [3.05, 3.63) is 53.8 Å². The molecule has 1 N–H and O–H groups in total. The predicted molar refractivity (Wildman–Crippen MR) is 133 cm³/mol. The number of halogens is 1. The largest absolute Gasteiger partial charge is 0.488 e. The fourth-order valence-electron chi connectivity index (χ4n) is 3.83. The van der Waals surface area contributed by atoms with Crippen LogP contribution in [0.25, 0.3) is 22.2 Å². The number of rotatable bonds is 7. The molecule has 33 heavy (non-hydrogen) atoms. The van der Waals surface area contributed by atoms with E-state index in [1.54, 1.807) is 6.20 Å². The molecule has 0 fully saturated rings. The molecule has 1 atom stereocenters. The highest BCUT2D eigenvalue weighted by Gasteiger charge is 2.31. The maximum Gasteiger partial charge on any atom is 0.408 e. The molecule has 0 spiro atoms. The third kappa shape index (κ3) is 6.81. The van der Waals surface area contributed by atoms with E-state index in [9.17, 15) is 4.79 Å². The number of pyridine rings is 2. The van der Waals surface area contributed by atoms with Crippen LogP contribution in [-0.4, -0.2) is 33.8 Å². The van der Waals surface area contributed by atoms with Crippen molar-refractivity contribution >= 4 is 28.6 Å². The molecule has 0 saturated carbocycles. The van der Waals surface area contributed by atoms with Gasteiger partial charge in [0.2, 0.25) is 0 Å². The van der Waals surface area contributed by atoms with Gasteiger partial charge in [-0.25, -0.2) is 9.78 Å². The minimum atomic E-state index is -0.639. The molecule has 176 valence electrons. The van der Waals surface area contributed by atoms with Gasteiger partial charge in [0, 0.05) is 17.1 Å². The molecule has 3 aromatic rings. The Bertz CT molecular complexity index is 1120. The van der Waals surface area contributed by atoms with E-state index in [0.29, 0.717) is 18.1 Å². The Morgan fingerprint density at radius 3 is 2.48 bits per heavy atom. The second kappa shape index (κ2) is 9.96. The number of nitrogens with one attached hydrogen (secondary N) is 1. The fraction of sp³-hybridized carbons (Fsp3) is 0.423. The Morgan fingerprint density at radius 2 is 1.82 bits per heavy atom. The lowest BCUT2D eigenvalue weighted by molar-refractivity contribution is 0.0408. The van der Waals surface area contributed by atoms with Crippen LogP contribution in [0.1, 0.15) is 48.0 Å². The van der Waals surface area contributed by atoms with E-state index in [4.69, 9.17) is 21.1 Å². The summed E-state index contributed by atoms with van der Waals surface area (Å²) in [6.07, 6.45) is 1.99. The summed E-state index contributed by atoms with van der Waals surface area (Å²) in [4.78, 5) is 21.4. The maximum atomic E-state index is 12.4. The van der Waals surface area contributed by atoms with Crippen LogP contribution >= 0.6 is 11.6 Å². The first kappa shape index (κ1) is 24.8. The zero-order chi connectivity index (χ0) is 24.2. The summed E-state index contributed by atoms with van der Waals surface area (Å²) in [5.74, 6) is 0.796. The molecule has 7 heteroatoms. The number of alkyl carbamates (subject to hydrolysis) is 1. The molecule has 2 heterocycles. The lowest BCUT2D eigenvalue weighted by atomic mass is 9.91. The van der Waals surface area contributed by atoms with Gasteiger partial charge in [-0.2, -0.15) is 0 Å². The van der Waals surface area contributed by atoms with Crippen LogP contribution in [0.4, 0.5) is 4.79 Å². The van der Waals surface area contributed by atoms with Gasteiger partial charge in [0.25, 0.3) is 0 Å². The number of fused-ring (bicyclic) bond motifs is 1. The number of nitrogens with zero attached hydrogens (tertiary/aromatic N) is 2. The van der Waals surface area contributed by atoms with Crippen molar-refractivity contribution in [3.8, 4) is 17.0 Å². The molecule has 0 unspecified atom stereocenters. The zero-order valence-corrected chi connectivity index (χ0v) is 20.9. The SMILES string of the molecule is CC(C)C[C@@](C)(COc1ccc(-c2ccnc3ccccc23)nc1Cl)NC(=O)OC(C)(C)C. The standard InChI is InChI=1S/C26H32ClN3O3/c1-17(2)15-26(6,30-24(31)33-25(3,4)5)16-32-22-12-11-21(29-23(22)27)19-13-14-28-20-10-8-7-9-18(19)20/h7-14,17H,15-16H2,1-6H3,(H,30,31)/t26-/m0/s1. The van der Waals surface area contributed by atoms with E-state index < -0.39 is 17.2 Å². The highest BCUT2D eigenvalue weighted by atomic mass is 35.5.